The summed E-state index contributed by atoms with van der Waals surface area (Å²) >= 11 is 0. The fourth-order valence-corrected chi connectivity index (χ4v) is 1.70. The normalized spacial score (nSPS) is 13.3. The molecule has 80 valence electrons. The molecule has 0 rings (SSSR count). The Kier molecular flexibility index (Phi) is 5.15. The lowest BCUT2D eigenvalue weighted by atomic mass is 9.86. The van der Waals surface area contributed by atoms with Gasteiger partial charge >= 0.3 is 7.82 Å². The highest BCUT2D eigenvalue weighted by molar-refractivity contribution is 7.46. The van der Waals surface area contributed by atoms with Crippen LogP contribution in [0.25, 0.3) is 0 Å². The molecule has 0 radical (unpaired) electrons. The molecule has 0 aromatic carbocycles. The lowest BCUT2D eigenvalue weighted by molar-refractivity contribution is 0.125. The molecule has 0 heterocycles. The van der Waals surface area contributed by atoms with E-state index in [1.54, 1.807) is 0 Å². The van der Waals surface area contributed by atoms with Gasteiger partial charge in [0.25, 0.3) is 0 Å². The maximum absolute atomic E-state index is 10.5. The molecule has 4 nitrogen and oxygen atoms in total. The van der Waals surface area contributed by atoms with Crippen molar-refractivity contribution in [3.63, 3.8) is 0 Å². The summed E-state index contributed by atoms with van der Waals surface area (Å²) in [6.45, 7) is 8.21. The Bertz CT molecular complexity index is 177. The molecule has 0 aliphatic heterocycles. The molecule has 0 aliphatic carbocycles. The molecule has 2 N–H and O–H groups in total. The van der Waals surface area contributed by atoms with E-state index in [-0.39, 0.29) is 12.5 Å². The van der Waals surface area contributed by atoms with Gasteiger partial charge in [-0.05, 0) is 17.8 Å². The number of phosphoric ester groups is 1. The zero-order chi connectivity index (χ0) is 10.6. The average molecular weight is 210 g/mol. The highest BCUT2D eigenvalue weighted by Crippen LogP contribution is 2.37. The van der Waals surface area contributed by atoms with Crippen molar-refractivity contribution in [1.29, 1.82) is 0 Å². The van der Waals surface area contributed by atoms with Crippen LogP contribution in [0.1, 0.15) is 27.7 Å². The molecule has 0 aromatic rings. The van der Waals surface area contributed by atoms with E-state index in [1.807, 2.05) is 27.7 Å². The van der Waals surface area contributed by atoms with Crippen LogP contribution in [0, 0.1) is 17.8 Å². The van der Waals surface area contributed by atoms with Crippen molar-refractivity contribution in [2.45, 2.75) is 27.7 Å². The molecule has 13 heavy (non-hydrogen) atoms. The molecule has 0 aromatic heterocycles. The number of phosphoric acid groups is 1. The van der Waals surface area contributed by atoms with E-state index in [1.165, 1.54) is 0 Å². The zero-order valence-electron chi connectivity index (χ0n) is 8.60. The third kappa shape index (κ3) is 6.22. The molecule has 0 saturated carbocycles. The van der Waals surface area contributed by atoms with Crippen molar-refractivity contribution in [3.05, 3.63) is 0 Å². The Labute approximate surface area is 79.5 Å². The van der Waals surface area contributed by atoms with Crippen LogP contribution in [0.15, 0.2) is 0 Å². The molecule has 0 spiro atoms. The zero-order valence-corrected chi connectivity index (χ0v) is 9.49. The monoisotopic (exact) mass is 210 g/mol. The van der Waals surface area contributed by atoms with Gasteiger partial charge in [0.05, 0.1) is 6.61 Å². The van der Waals surface area contributed by atoms with E-state index >= 15 is 0 Å². The fourth-order valence-electron chi connectivity index (χ4n) is 1.34. The van der Waals surface area contributed by atoms with Crippen LogP contribution in [-0.2, 0) is 9.09 Å². The minimum Gasteiger partial charge on any atom is -0.303 e. The summed E-state index contributed by atoms with van der Waals surface area (Å²) in [4.78, 5) is 17.0. The van der Waals surface area contributed by atoms with Crippen molar-refractivity contribution in [1.82, 2.24) is 0 Å². The lowest BCUT2D eigenvalue weighted by Gasteiger charge is -2.24. The van der Waals surface area contributed by atoms with Crippen LogP contribution < -0.4 is 0 Å². The molecule has 0 bridgehead atoms. The first kappa shape index (κ1) is 13.1. The molecule has 0 fully saturated rings. The van der Waals surface area contributed by atoms with Crippen LogP contribution >= 0.6 is 7.82 Å². The summed E-state index contributed by atoms with van der Waals surface area (Å²) in [7, 11) is -4.30. The molecule has 0 amide bonds. The quantitative estimate of drug-likeness (QED) is 0.681. The maximum atomic E-state index is 10.5. The Balaban J connectivity index is 4.06. The van der Waals surface area contributed by atoms with Gasteiger partial charge in [-0.25, -0.2) is 4.57 Å². The van der Waals surface area contributed by atoms with Gasteiger partial charge in [-0.3, -0.25) is 4.52 Å². The Hall–Kier alpha value is 0.110. The first-order valence-corrected chi connectivity index (χ1v) is 5.97. The van der Waals surface area contributed by atoms with Crippen LogP contribution in [0.4, 0.5) is 0 Å². The van der Waals surface area contributed by atoms with E-state index in [9.17, 15) is 4.57 Å². The summed E-state index contributed by atoms with van der Waals surface area (Å²) in [5.74, 6) is 0.922. The predicted octanol–water partition coefficient (Wildman–Crippen LogP) is 2.02. The summed E-state index contributed by atoms with van der Waals surface area (Å²) < 4.78 is 14.9. The highest BCUT2D eigenvalue weighted by Gasteiger charge is 2.22. The molecule has 0 aliphatic rings. The predicted molar refractivity (Wildman–Crippen MR) is 51.2 cm³/mol. The van der Waals surface area contributed by atoms with E-state index < -0.39 is 7.82 Å². The second-order valence-corrected chi connectivity index (χ2v) is 5.18. The molecule has 0 unspecified atom stereocenters. The van der Waals surface area contributed by atoms with Crippen LogP contribution in [-0.4, -0.2) is 16.4 Å². The Morgan fingerprint density at radius 1 is 1.15 bits per heavy atom. The van der Waals surface area contributed by atoms with Crippen molar-refractivity contribution >= 4 is 7.82 Å². The third-order valence-electron chi connectivity index (χ3n) is 2.15. The van der Waals surface area contributed by atoms with Crippen molar-refractivity contribution in [3.8, 4) is 0 Å². The van der Waals surface area contributed by atoms with Gasteiger partial charge < -0.3 is 9.79 Å². The number of rotatable bonds is 5. The highest BCUT2D eigenvalue weighted by atomic mass is 31.2. The summed E-state index contributed by atoms with van der Waals surface area (Å²) in [5, 5.41) is 0. The van der Waals surface area contributed by atoms with Gasteiger partial charge in [0.15, 0.2) is 0 Å². The van der Waals surface area contributed by atoms with Crippen LogP contribution in [0.3, 0.4) is 0 Å². The second-order valence-electron chi connectivity index (χ2n) is 3.94. The van der Waals surface area contributed by atoms with Crippen molar-refractivity contribution in [2.24, 2.45) is 17.8 Å². The largest absolute Gasteiger partial charge is 0.469 e. The second kappa shape index (κ2) is 5.11. The van der Waals surface area contributed by atoms with E-state index in [0.29, 0.717) is 11.8 Å². The smallest absolute Gasteiger partial charge is 0.303 e. The number of hydrogen-bond donors (Lipinski definition) is 2. The molecule has 0 atom stereocenters. The molecular weight excluding hydrogens is 191 g/mol. The fraction of sp³-hybridized carbons (Fsp3) is 1.00. The van der Waals surface area contributed by atoms with Crippen LogP contribution in [0.2, 0.25) is 0 Å². The topological polar surface area (TPSA) is 66.8 Å². The summed E-state index contributed by atoms with van der Waals surface area (Å²) in [5.41, 5.74) is 0. The molecule has 5 heteroatoms. The van der Waals surface area contributed by atoms with Crippen molar-refractivity contribution in [2.75, 3.05) is 6.61 Å². The number of hydrogen-bond acceptors (Lipinski definition) is 2. The maximum Gasteiger partial charge on any atom is 0.469 e. The minimum absolute atomic E-state index is 0.125. The van der Waals surface area contributed by atoms with Gasteiger partial charge in [-0.15, -0.1) is 0 Å². The van der Waals surface area contributed by atoms with Gasteiger partial charge in [-0.2, -0.15) is 0 Å². The molecular formula is C8H19O4P. The van der Waals surface area contributed by atoms with E-state index in [4.69, 9.17) is 9.79 Å². The first-order chi connectivity index (χ1) is 5.74. The van der Waals surface area contributed by atoms with E-state index in [0.717, 1.165) is 0 Å². The minimum atomic E-state index is -4.30. The third-order valence-corrected chi connectivity index (χ3v) is 2.63. The Morgan fingerprint density at radius 2 is 1.54 bits per heavy atom. The lowest BCUT2D eigenvalue weighted by Crippen LogP contribution is -2.20. The molecule has 0 saturated heterocycles. The first-order valence-electron chi connectivity index (χ1n) is 4.44. The standard InChI is InChI=1S/C8H19O4P/c1-6(2)8(7(3)4)5-12-13(9,10)11/h6-8H,5H2,1-4H3,(H2,9,10,11). The van der Waals surface area contributed by atoms with Crippen molar-refractivity contribution < 1.29 is 18.9 Å². The van der Waals surface area contributed by atoms with Gasteiger partial charge in [-0.1, -0.05) is 27.7 Å². The SMILES string of the molecule is CC(C)C(COP(=O)(O)O)C(C)C. The van der Waals surface area contributed by atoms with Crippen LogP contribution in [0.5, 0.6) is 0 Å². The van der Waals surface area contributed by atoms with Gasteiger partial charge in [0.2, 0.25) is 0 Å². The average Bonchev–Trinajstić information content (AvgIpc) is 1.82. The van der Waals surface area contributed by atoms with Gasteiger partial charge in [0.1, 0.15) is 0 Å². The summed E-state index contributed by atoms with van der Waals surface area (Å²) in [6, 6.07) is 0. The van der Waals surface area contributed by atoms with E-state index in [2.05, 4.69) is 4.52 Å². The summed E-state index contributed by atoms with van der Waals surface area (Å²) in [6.07, 6.45) is 0. The Morgan fingerprint density at radius 3 is 1.77 bits per heavy atom. The van der Waals surface area contributed by atoms with Gasteiger partial charge in [0, 0.05) is 0 Å².